The predicted octanol–water partition coefficient (Wildman–Crippen LogP) is 2.92. The highest BCUT2D eigenvalue weighted by Crippen LogP contribution is 2.25. The van der Waals surface area contributed by atoms with Gasteiger partial charge in [0.25, 0.3) is 0 Å². The molecule has 0 atom stereocenters. The zero-order chi connectivity index (χ0) is 22.4. The predicted molar refractivity (Wildman–Crippen MR) is 119 cm³/mol. The standard InChI is InChI=1S/C22H31N5O4/c1-15-25-26-21-20(23-11-7-5-6-8-19(28)22(2,3)29)24-17-14-16(31-13-12-30-4)9-10-18(17)27(15)21/h9-10,14,29H,5-8,11-13H2,1-4H3,(H,23,24). The molecule has 0 aliphatic rings. The molecule has 3 aromatic rings. The van der Waals surface area contributed by atoms with Crippen LogP contribution < -0.4 is 10.1 Å². The summed E-state index contributed by atoms with van der Waals surface area (Å²) in [5.74, 6) is 2.05. The number of aryl methyl sites for hydroxylation is 1. The summed E-state index contributed by atoms with van der Waals surface area (Å²) in [6, 6.07) is 5.76. The molecule has 0 spiro atoms. The topological polar surface area (TPSA) is 111 Å². The second-order valence-electron chi connectivity index (χ2n) is 8.08. The van der Waals surface area contributed by atoms with Crippen LogP contribution in [0.1, 0.15) is 45.4 Å². The van der Waals surface area contributed by atoms with Crippen molar-refractivity contribution in [3.63, 3.8) is 0 Å². The van der Waals surface area contributed by atoms with E-state index in [1.54, 1.807) is 7.11 Å². The quantitative estimate of drug-likeness (QED) is 0.423. The van der Waals surface area contributed by atoms with E-state index < -0.39 is 5.60 Å². The second-order valence-corrected chi connectivity index (χ2v) is 8.08. The summed E-state index contributed by atoms with van der Waals surface area (Å²) in [6.45, 7) is 6.65. The van der Waals surface area contributed by atoms with Gasteiger partial charge in [-0.1, -0.05) is 6.42 Å². The summed E-state index contributed by atoms with van der Waals surface area (Å²) >= 11 is 0. The first-order valence-corrected chi connectivity index (χ1v) is 10.6. The third-order valence-corrected chi connectivity index (χ3v) is 5.07. The van der Waals surface area contributed by atoms with E-state index in [0.717, 1.165) is 41.9 Å². The minimum absolute atomic E-state index is 0.124. The van der Waals surface area contributed by atoms with Crippen LogP contribution >= 0.6 is 0 Å². The Hall–Kier alpha value is -2.78. The van der Waals surface area contributed by atoms with Gasteiger partial charge >= 0.3 is 0 Å². The third-order valence-electron chi connectivity index (χ3n) is 5.07. The molecular formula is C22H31N5O4. The van der Waals surface area contributed by atoms with Crippen molar-refractivity contribution in [1.29, 1.82) is 0 Å². The fourth-order valence-electron chi connectivity index (χ4n) is 3.31. The van der Waals surface area contributed by atoms with E-state index >= 15 is 0 Å². The lowest BCUT2D eigenvalue weighted by molar-refractivity contribution is -0.134. The van der Waals surface area contributed by atoms with Crippen molar-refractivity contribution in [2.75, 3.05) is 32.2 Å². The van der Waals surface area contributed by atoms with Gasteiger partial charge in [-0.15, -0.1) is 10.2 Å². The van der Waals surface area contributed by atoms with Gasteiger partial charge in [0.15, 0.2) is 11.6 Å². The van der Waals surface area contributed by atoms with Crippen LogP contribution in [0, 0.1) is 6.92 Å². The van der Waals surface area contributed by atoms with Gasteiger partial charge < -0.3 is 19.9 Å². The second kappa shape index (κ2) is 10.0. The van der Waals surface area contributed by atoms with Gasteiger partial charge in [-0.3, -0.25) is 9.20 Å². The Kier molecular flexibility index (Phi) is 7.40. The first kappa shape index (κ1) is 22.9. The number of anilines is 1. The van der Waals surface area contributed by atoms with Crippen LogP contribution in [0.15, 0.2) is 18.2 Å². The van der Waals surface area contributed by atoms with Crippen molar-refractivity contribution in [1.82, 2.24) is 19.6 Å². The van der Waals surface area contributed by atoms with Gasteiger partial charge in [0.1, 0.15) is 23.8 Å². The van der Waals surface area contributed by atoms with Gasteiger partial charge in [-0.05, 0) is 45.7 Å². The number of carbonyl (C=O) groups excluding carboxylic acids is 1. The average molecular weight is 430 g/mol. The monoisotopic (exact) mass is 429 g/mol. The number of Topliss-reactive ketones (excluding diaryl/α,β-unsaturated/α-hetero) is 1. The van der Waals surface area contributed by atoms with Crippen LogP contribution in [0.3, 0.4) is 0 Å². The minimum Gasteiger partial charge on any atom is -0.491 e. The molecule has 2 aromatic heterocycles. The number of fused-ring (bicyclic) bond motifs is 3. The molecule has 0 saturated carbocycles. The van der Waals surface area contributed by atoms with Gasteiger partial charge in [0, 0.05) is 26.1 Å². The Morgan fingerprint density at radius 1 is 1.19 bits per heavy atom. The zero-order valence-corrected chi connectivity index (χ0v) is 18.6. The largest absolute Gasteiger partial charge is 0.491 e. The maximum Gasteiger partial charge on any atom is 0.204 e. The lowest BCUT2D eigenvalue weighted by Crippen LogP contribution is -2.30. The Labute approximate surface area is 181 Å². The molecule has 1 aromatic carbocycles. The van der Waals surface area contributed by atoms with E-state index in [9.17, 15) is 9.90 Å². The molecule has 9 heteroatoms. The molecule has 168 valence electrons. The summed E-state index contributed by atoms with van der Waals surface area (Å²) in [7, 11) is 1.64. The number of methoxy groups -OCH3 is 1. The fraction of sp³-hybridized carbons (Fsp3) is 0.545. The first-order valence-electron chi connectivity index (χ1n) is 10.6. The fourth-order valence-corrected chi connectivity index (χ4v) is 3.31. The number of aliphatic hydroxyl groups is 1. The smallest absolute Gasteiger partial charge is 0.204 e. The average Bonchev–Trinajstić information content (AvgIpc) is 3.11. The zero-order valence-electron chi connectivity index (χ0n) is 18.6. The minimum atomic E-state index is -1.25. The van der Waals surface area contributed by atoms with Crippen molar-refractivity contribution in [2.45, 2.75) is 52.1 Å². The number of carbonyl (C=O) groups is 1. The maximum atomic E-state index is 11.8. The van der Waals surface area contributed by atoms with Crippen molar-refractivity contribution in [3.8, 4) is 5.75 Å². The lowest BCUT2D eigenvalue weighted by atomic mass is 9.98. The van der Waals surface area contributed by atoms with Crippen LogP contribution in [0.25, 0.3) is 16.7 Å². The summed E-state index contributed by atoms with van der Waals surface area (Å²) in [4.78, 5) is 16.5. The van der Waals surface area contributed by atoms with Gasteiger partial charge in [-0.25, -0.2) is 4.98 Å². The highest BCUT2D eigenvalue weighted by atomic mass is 16.5. The molecule has 31 heavy (non-hydrogen) atoms. The molecule has 0 unspecified atom stereocenters. The molecule has 2 heterocycles. The molecule has 0 amide bonds. The Balaban J connectivity index is 1.68. The maximum absolute atomic E-state index is 11.8. The summed E-state index contributed by atoms with van der Waals surface area (Å²) in [5, 5.41) is 21.6. The Morgan fingerprint density at radius 3 is 2.74 bits per heavy atom. The molecule has 0 bridgehead atoms. The molecule has 0 aliphatic carbocycles. The number of benzene rings is 1. The molecule has 0 saturated heterocycles. The Bertz CT molecular complexity index is 1040. The number of nitrogens with zero attached hydrogens (tertiary/aromatic N) is 4. The highest BCUT2D eigenvalue weighted by molar-refractivity contribution is 5.86. The van der Waals surface area contributed by atoms with Crippen molar-refractivity contribution in [2.24, 2.45) is 0 Å². The number of ether oxygens (including phenoxy) is 2. The summed E-state index contributed by atoms with van der Waals surface area (Å²) in [5.41, 5.74) is 1.11. The van der Waals surface area contributed by atoms with E-state index in [1.807, 2.05) is 29.5 Å². The van der Waals surface area contributed by atoms with Crippen LogP contribution in [0.2, 0.25) is 0 Å². The van der Waals surface area contributed by atoms with E-state index in [-0.39, 0.29) is 5.78 Å². The lowest BCUT2D eigenvalue weighted by Gasteiger charge is -2.15. The molecule has 0 radical (unpaired) electrons. The van der Waals surface area contributed by atoms with Crippen molar-refractivity contribution in [3.05, 3.63) is 24.0 Å². The molecule has 9 nitrogen and oxygen atoms in total. The van der Waals surface area contributed by atoms with Crippen LogP contribution in [0.4, 0.5) is 5.82 Å². The first-order chi connectivity index (χ1) is 14.8. The van der Waals surface area contributed by atoms with Crippen LogP contribution in [-0.4, -0.2) is 62.9 Å². The number of ketones is 1. The molecule has 0 aliphatic heterocycles. The number of nitrogens with one attached hydrogen (secondary N) is 1. The number of hydrogen-bond donors (Lipinski definition) is 2. The van der Waals surface area contributed by atoms with E-state index in [0.29, 0.717) is 37.6 Å². The number of unbranched alkanes of at least 4 members (excludes halogenated alkanes) is 2. The summed E-state index contributed by atoms with van der Waals surface area (Å²) in [6.07, 6.45) is 2.88. The third kappa shape index (κ3) is 5.68. The van der Waals surface area contributed by atoms with Crippen LogP contribution in [0.5, 0.6) is 5.75 Å². The van der Waals surface area contributed by atoms with E-state index in [1.165, 1.54) is 13.8 Å². The highest BCUT2D eigenvalue weighted by Gasteiger charge is 2.22. The van der Waals surface area contributed by atoms with Gasteiger partial charge in [0.2, 0.25) is 5.65 Å². The van der Waals surface area contributed by atoms with Crippen molar-refractivity contribution >= 4 is 28.3 Å². The van der Waals surface area contributed by atoms with E-state index in [2.05, 4.69) is 15.5 Å². The number of rotatable bonds is 12. The summed E-state index contributed by atoms with van der Waals surface area (Å²) < 4.78 is 12.7. The van der Waals surface area contributed by atoms with E-state index in [4.69, 9.17) is 14.5 Å². The normalized spacial score (nSPS) is 11.9. The Morgan fingerprint density at radius 2 is 2.00 bits per heavy atom. The number of aromatic nitrogens is 4. The SMILES string of the molecule is COCCOc1ccc2c(c1)nc(NCCCCCC(=O)C(C)(C)O)c1nnc(C)n12. The van der Waals surface area contributed by atoms with Crippen molar-refractivity contribution < 1.29 is 19.4 Å². The van der Waals surface area contributed by atoms with Crippen LogP contribution in [-0.2, 0) is 9.53 Å². The molecule has 3 rings (SSSR count). The molecular weight excluding hydrogens is 398 g/mol. The molecule has 2 N–H and O–H groups in total. The molecule has 0 fully saturated rings. The number of hydrogen-bond acceptors (Lipinski definition) is 8. The van der Waals surface area contributed by atoms with Gasteiger partial charge in [0.05, 0.1) is 17.6 Å². The van der Waals surface area contributed by atoms with Gasteiger partial charge in [-0.2, -0.15) is 0 Å².